The Morgan fingerprint density at radius 1 is 1.15 bits per heavy atom. The van der Waals surface area contributed by atoms with Crippen LogP contribution in [0.15, 0.2) is 43.0 Å². The van der Waals surface area contributed by atoms with Gasteiger partial charge in [0, 0.05) is 25.6 Å². The van der Waals surface area contributed by atoms with Gasteiger partial charge in [0.15, 0.2) is 12.1 Å². The zero-order valence-corrected chi connectivity index (χ0v) is 16.0. The van der Waals surface area contributed by atoms with E-state index in [1.165, 1.54) is 5.56 Å². The Labute approximate surface area is 160 Å². The lowest BCUT2D eigenvalue weighted by atomic mass is 9.85. The molecular formula is C21H28N2O4. The average molecular weight is 372 g/mol. The first-order chi connectivity index (χ1) is 13.1. The highest BCUT2D eigenvalue weighted by molar-refractivity contribution is 5.16. The van der Waals surface area contributed by atoms with Crippen LogP contribution in [0, 0.1) is 5.92 Å². The summed E-state index contributed by atoms with van der Waals surface area (Å²) in [7, 11) is 0. The van der Waals surface area contributed by atoms with Crippen molar-refractivity contribution in [3.63, 3.8) is 0 Å². The highest BCUT2D eigenvalue weighted by Gasteiger charge is 2.63. The molecule has 4 aliphatic heterocycles. The molecule has 6 atom stereocenters. The van der Waals surface area contributed by atoms with E-state index < -0.39 is 5.79 Å². The molecule has 4 heterocycles. The second-order valence-corrected chi connectivity index (χ2v) is 8.41. The molecule has 146 valence electrons. The number of fused-ring (bicyclic) bond motifs is 5. The smallest absolute Gasteiger partial charge is 0.189 e. The van der Waals surface area contributed by atoms with Crippen LogP contribution >= 0.6 is 0 Å². The van der Waals surface area contributed by atoms with Gasteiger partial charge in [-0.15, -0.1) is 6.58 Å². The first-order valence-corrected chi connectivity index (χ1v) is 9.85. The van der Waals surface area contributed by atoms with Gasteiger partial charge in [0.2, 0.25) is 0 Å². The summed E-state index contributed by atoms with van der Waals surface area (Å²) in [5, 5.41) is 2.12. The number of hydroxylamine groups is 2. The predicted octanol–water partition coefficient (Wildman–Crippen LogP) is 2.17. The van der Waals surface area contributed by atoms with Crippen molar-refractivity contribution in [3.8, 4) is 0 Å². The molecule has 1 aromatic rings. The number of piperidine rings is 1. The van der Waals surface area contributed by atoms with Crippen molar-refractivity contribution in [2.75, 3.05) is 19.7 Å². The maximum Gasteiger partial charge on any atom is 0.189 e. The van der Waals surface area contributed by atoms with E-state index >= 15 is 0 Å². The van der Waals surface area contributed by atoms with Crippen molar-refractivity contribution >= 4 is 0 Å². The van der Waals surface area contributed by atoms with E-state index in [9.17, 15) is 0 Å². The molecule has 0 amide bonds. The molecule has 4 saturated heterocycles. The van der Waals surface area contributed by atoms with Gasteiger partial charge in [0.05, 0.1) is 24.8 Å². The van der Waals surface area contributed by atoms with E-state index in [4.69, 9.17) is 19.0 Å². The third kappa shape index (κ3) is 3.05. The van der Waals surface area contributed by atoms with E-state index in [1.54, 1.807) is 0 Å². The normalized spacial score (nSPS) is 40.5. The molecule has 6 heteroatoms. The van der Waals surface area contributed by atoms with Crippen molar-refractivity contribution < 1.29 is 19.0 Å². The summed E-state index contributed by atoms with van der Waals surface area (Å²) in [6, 6.07) is 10.8. The van der Waals surface area contributed by atoms with Gasteiger partial charge in [0.1, 0.15) is 6.10 Å². The second kappa shape index (κ2) is 6.65. The minimum atomic E-state index is -0.604. The zero-order valence-electron chi connectivity index (χ0n) is 16.0. The minimum absolute atomic E-state index is 0.000937. The molecule has 4 aliphatic rings. The van der Waals surface area contributed by atoms with Crippen LogP contribution in [0.1, 0.15) is 19.4 Å². The van der Waals surface area contributed by atoms with Crippen LogP contribution in [0.3, 0.4) is 0 Å². The van der Waals surface area contributed by atoms with Crippen LogP contribution in [-0.4, -0.2) is 66.0 Å². The van der Waals surface area contributed by atoms with E-state index in [-0.39, 0.29) is 30.6 Å². The van der Waals surface area contributed by atoms with Crippen molar-refractivity contribution in [1.29, 1.82) is 0 Å². The van der Waals surface area contributed by atoms with Crippen molar-refractivity contribution in [2.24, 2.45) is 5.92 Å². The summed E-state index contributed by atoms with van der Waals surface area (Å²) in [5.41, 5.74) is 1.25. The Bertz CT molecular complexity index is 697. The van der Waals surface area contributed by atoms with E-state index in [0.717, 1.165) is 26.2 Å². The van der Waals surface area contributed by atoms with E-state index in [2.05, 4.69) is 40.8 Å². The molecule has 27 heavy (non-hydrogen) atoms. The van der Waals surface area contributed by atoms with Crippen LogP contribution < -0.4 is 0 Å². The molecule has 0 aromatic heterocycles. The van der Waals surface area contributed by atoms with Gasteiger partial charge in [-0.1, -0.05) is 36.4 Å². The molecule has 0 radical (unpaired) electrons. The van der Waals surface area contributed by atoms with Crippen molar-refractivity contribution in [2.45, 2.75) is 56.8 Å². The first-order valence-electron chi connectivity index (χ1n) is 9.85. The van der Waals surface area contributed by atoms with Crippen LogP contribution in [0.5, 0.6) is 0 Å². The fraction of sp³-hybridized carbons (Fsp3) is 0.619. The Balaban J connectivity index is 1.41. The summed E-state index contributed by atoms with van der Waals surface area (Å²) in [5.74, 6) is -0.200. The zero-order chi connectivity index (χ0) is 18.6. The molecule has 0 saturated carbocycles. The monoisotopic (exact) mass is 372 g/mol. The standard InChI is InChI=1S/C21H28N2O4/c1-4-10-22-12-15-13-24-23(11-14-8-6-5-7-9-14)16(15)18-17(22)19-20(25-18)27-21(2,3)26-19/h4-9,15-20H,1,10-13H2,2-3H3/t15?,16?,17-,18-,19+,20+/m0/s1. The fourth-order valence-electron chi connectivity index (χ4n) is 5.12. The van der Waals surface area contributed by atoms with Crippen molar-refractivity contribution in [1.82, 2.24) is 9.96 Å². The Morgan fingerprint density at radius 3 is 2.74 bits per heavy atom. The maximum absolute atomic E-state index is 6.44. The summed E-state index contributed by atoms with van der Waals surface area (Å²) < 4.78 is 18.7. The summed E-state index contributed by atoms with van der Waals surface area (Å²) in [6.45, 7) is 11.1. The molecule has 0 aliphatic carbocycles. The van der Waals surface area contributed by atoms with E-state index in [0.29, 0.717) is 5.92 Å². The predicted molar refractivity (Wildman–Crippen MR) is 99.5 cm³/mol. The van der Waals surface area contributed by atoms with Crippen LogP contribution in [-0.2, 0) is 25.6 Å². The molecular weight excluding hydrogens is 344 g/mol. The highest BCUT2D eigenvalue weighted by Crippen LogP contribution is 2.46. The molecule has 0 N–H and O–H groups in total. The Kier molecular flexibility index (Phi) is 4.39. The summed E-state index contributed by atoms with van der Waals surface area (Å²) in [4.78, 5) is 8.56. The van der Waals surface area contributed by atoms with Gasteiger partial charge < -0.3 is 14.2 Å². The number of nitrogens with zero attached hydrogens (tertiary/aromatic N) is 2. The van der Waals surface area contributed by atoms with Crippen LogP contribution in [0.25, 0.3) is 0 Å². The van der Waals surface area contributed by atoms with Gasteiger partial charge in [-0.05, 0) is 19.4 Å². The van der Waals surface area contributed by atoms with E-state index in [1.807, 2.05) is 26.0 Å². The first kappa shape index (κ1) is 17.8. The molecule has 1 aromatic carbocycles. The minimum Gasteiger partial charge on any atom is -0.343 e. The largest absolute Gasteiger partial charge is 0.343 e. The number of likely N-dealkylation sites (tertiary alicyclic amines) is 1. The van der Waals surface area contributed by atoms with Crippen LogP contribution in [0.4, 0.5) is 0 Å². The lowest BCUT2D eigenvalue weighted by Crippen LogP contribution is -2.62. The summed E-state index contributed by atoms with van der Waals surface area (Å²) >= 11 is 0. The van der Waals surface area contributed by atoms with Gasteiger partial charge >= 0.3 is 0 Å². The topological polar surface area (TPSA) is 43.4 Å². The molecule has 5 rings (SSSR count). The molecule has 2 unspecified atom stereocenters. The molecule has 6 nitrogen and oxygen atoms in total. The lowest BCUT2D eigenvalue weighted by Gasteiger charge is -2.45. The summed E-state index contributed by atoms with van der Waals surface area (Å²) in [6.07, 6.45) is 1.56. The lowest BCUT2D eigenvalue weighted by molar-refractivity contribution is -0.235. The fourth-order valence-corrected chi connectivity index (χ4v) is 5.12. The Hall–Kier alpha value is -1.28. The SMILES string of the molecule is C=CCN1CC2CON(Cc3ccccc3)C2[C@@H]2O[C@@H]3OC(C)(C)O[C@@H]3[C@H]21. The molecule has 0 bridgehead atoms. The van der Waals surface area contributed by atoms with Gasteiger partial charge in [-0.25, -0.2) is 0 Å². The molecule has 0 spiro atoms. The second-order valence-electron chi connectivity index (χ2n) is 8.41. The number of hydrogen-bond acceptors (Lipinski definition) is 6. The number of hydrogen-bond donors (Lipinski definition) is 0. The number of ether oxygens (including phenoxy) is 3. The van der Waals surface area contributed by atoms with Gasteiger partial charge in [-0.3, -0.25) is 9.74 Å². The third-order valence-electron chi connectivity index (χ3n) is 6.09. The Morgan fingerprint density at radius 2 is 1.96 bits per heavy atom. The third-order valence-corrected chi connectivity index (χ3v) is 6.09. The quantitative estimate of drug-likeness (QED) is 0.755. The molecule has 4 fully saturated rings. The average Bonchev–Trinajstić information content (AvgIpc) is 3.26. The maximum atomic E-state index is 6.44. The highest BCUT2D eigenvalue weighted by atomic mass is 16.8. The van der Waals surface area contributed by atoms with Crippen LogP contribution in [0.2, 0.25) is 0 Å². The van der Waals surface area contributed by atoms with Gasteiger partial charge in [-0.2, -0.15) is 5.06 Å². The number of benzene rings is 1. The van der Waals surface area contributed by atoms with Gasteiger partial charge in [0.25, 0.3) is 0 Å². The van der Waals surface area contributed by atoms with Crippen molar-refractivity contribution in [3.05, 3.63) is 48.6 Å². The number of rotatable bonds is 4.